The number of amides is 2. The molecule has 6 rings (SSSR count). The van der Waals surface area contributed by atoms with Crippen molar-refractivity contribution in [3.63, 3.8) is 0 Å². The van der Waals surface area contributed by atoms with Gasteiger partial charge in [0, 0.05) is 37.3 Å². The molecular formula is C27H29F2N5O3. The van der Waals surface area contributed by atoms with E-state index in [1.54, 1.807) is 29.8 Å². The SMILES string of the molecule is Cc1cc2c(c(F)c1-c1c(O)cccc1F)NC(C)C1=C2N2C[C@@H](C)N(C(=O)[C@@H]3CN3)C[C@@H]2C(=O)N1C. The fourth-order valence-electron chi connectivity index (χ4n) is 6.07. The molecule has 0 bridgehead atoms. The molecular weight excluding hydrogens is 480 g/mol. The van der Waals surface area contributed by atoms with Gasteiger partial charge in [-0.3, -0.25) is 9.59 Å². The number of hydrogen-bond donors (Lipinski definition) is 3. The minimum Gasteiger partial charge on any atom is -0.507 e. The van der Waals surface area contributed by atoms with Crippen LogP contribution in [0.5, 0.6) is 5.75 Å². The molecule has 37 heavy (non-hydrogen) atoms. The number of hydrogen-bond acceptors (Lipinski definition) is 6. The van der Waals surface area contributed by atoms with Crippen LogP contribution in [-0.4, -0.2) is 82.5 Å². The smallest absolute Gasteiger partial charge is 0.251 e. The third-order valence-corrected chi connectivity index (χ3v) is 7.97. The van der Waals surface area contributed by atoms with Crippen LogP contribution >= 0.6 is 0 Å². The third-order valence-electron chi connectivity index (χ3n) is 7.97. The largest absolute Gasteiger partial charge is 0.507 e. The molecule has 194 valence electrons. The number of fused-ring (bicyclic) bond motifs is 4. The first-order valence-electron chi connectivity index (χ1n) is 12.5. The zero-order chi connectivity index (χ0) is 26.3. The van der Waals surface area contributed by atoms with E-state index in [1.807, 2.05) is 18.7 Å². The number of benzene rings is 2. The number of nitrogens with zero attached hydrogens (tertiary/aromatic N) is 3. The van der Waals surface area contributed by atoms with Crippen LogP contribution in [0.4, 0.5) is 14.5 Å². The van der Waals surface area contributed by atoms with Crippen molar-refractivity contribution in [2.75, 3.05) is 32.0 Å². The van der Waals surface area contributed by atoms with Crippen molar-refractivity contribution < 1.29 is 23.5 Å². The van der Waals surface area contributed by atoms with Gasteiger partial charge >= 0.3 is 0 Å². The van der Waals surface area contributed by atoms with Crippen LogP contribution in [0.1, 0.15) is 25.0 Å². The van der Waals surface area contributed by atoms with Crippen molar-refractivity contribution in [1.82, 2.24) is 20.0 Å². The number of halogens is 2. The molecule has 2 aromatic carbocycles. The molecule has 0 saturated carbocycles. The molecule has 4 aliphatic rings. The van der Waals surface area contributed by atoms with Crippen molar-refractivity contribution in [2.24, 2.45) is 0 Å². The lowest BCUT2D eigenvalue weighted by Crippen LogP contribution is -2.66. The van der Waals surface area contributed by atoms with E-state index < -0.39 is 23.7 Å². The Kier molecular flexibility index (Phi) is 5.24. The molecule has 1 unspecified atom stereocenters. The molecule has 3 N–H and O–H groups in total. The second-order valence-corrected chi connectivity index (χ2v) is 10.4. The van der Waals surface area contributed by atoms with Crippen LogP contribution in [0.25, 0.3) is 16.8 Å². The lowest BCUT2D eigenvalue weighted by atomic mass is 9.87. The van der Waals surface area contributed by atoms with Gasteiger partial charge in [-0.05, 0) is 44.5 Å². The van der Waals surface area contributed by atoms with Crippen LogP contribution in [0, 0.1) is 18.6 Å². The van der Waals surface area contributed by atoms with Crippen LogP contribution in [0.2, 0.25) is 0 Å². The van der Waals surface area contributed by atoms with E-state index in [9.17, 15) is 19.1 Å². The highest BCUT2D eigenvalue weighted by molar-refractivity contribution is 5.96. The molecule has 4 atom stereocenters. The molecule has 0 spiro atoms. The van der Waals surface area contributed by atoms with E-state index in [2.05, 4.69) is 10.6 Å². The van der Waals surface area contributed by atoms with Crippen molar-refractivity contribution in [2.45, 2.75) is 44.9 Å². The fourth-order valence-corrected chi connectivity index (χ4v) is 6.07. The van der Waals surface area contributed by atoms with Gasteiger partial charge in [0.05, 0.1) is 41.3 Å². The van der Waals surface area contributed by atoms with Gasteiger partial charge in [0.15, 0.2) is 5.82 Å². The Balaban J connectivity index is 1.50. The quantitative estimate of drug-likeness (QED) is 0.539. The number of phenolic OH excluding ortho intramolecular Hbond substituents is 1. The minimum atomic E-state index is -0.714. The van der Waals surface area contributed by atoms with Crippen molar-refractivity contribution in [3.8, 4) is 16.9 Å². The number of anilines is 1. The Bertz CT molecular complexity index is 1370. The number of rotatable bonds is 2. The Morgan fingerprint density at radius 3 is 2.57 bits per heavy atom. The molecule has 2 amide bonds. The number of nitrogens with one attached hydrogen (secondary N) is 2. The summed E-state index contributed by atoms with van der Waals surface area (Å²) in [6.07, 6.45) is 0. The van der Waals surface area contributed by atoms with E-state index in [1.165, 1.54) is 18.2 Å². The van der Waals surface area contributed by atoms with Crippen molar-refractivity contribution in [3.05, 3.63) is 52.7 Å². The summed E-state index contributed by atoms with van der Waals surface area (Å²) < 4.78 is 31.0. The van der Waals surface area contributed by atoms with Gasteiger partial charge in [0.25, 0.3) is 5.91 Å². The predicted molar refractivity (Wildman–Crippen MR) is 134 cm³/mol. The molecule has 4 heterocycles. The average Bonchev–Trinajstić information content (AvgIpc) is 3.69. The molecule has 8 nitrogen and oxygen atoms in total. The predicted octanol–water partition coefficient (Wildman–Crippen LogP) is 2.47. The summed E-state index contributed by atoms with van der Waals surface area (Å²) >= 11 is 0. The molecule has 0 aliphatic carbocycles. The molecule has 4 aliphatic heterocycles. The van der Waals surface area contributed by atoms with Gasteiger partial charge < -0.3 is 30.4 Å². The number of aromatic hydroxyl groups is 1. The second-order valence-electron chi connectivity index (χ2n) is 10.4. The maximum atomic E-state index is 16.2. The topological polar surface area (TPSA) is 98.1 Å². The summed E-state index contributed by atoms with van der Waals surface area (Å²) in [7, 11) is 1.71. The summed E-state index contributed by atoms with van der Waals surface area (Å²) in [5, 5.41) is 16.6. The number of aryl methyl sites for hydroxylation is 1. The zero-order valence-corrected chi connectivity index (χ0v) is 21.1. The summed E-state index contributed by atoms with van der Waals surface area (Å²) in [6.45, 7) is 6.81. The first-order chi connectivity index (χ1) is 17.6. The van der Waals surface area contributed by atoms with Gasteiger partial charge in [0.2, 0.25) is 5.91 Å². The van der Waals surface area contributed by atoms with Crippen molar-refractivity contribution in [1.29, 1.82) is 0 Å². The van der Waals surface area contributed by atoms with Crippen LogP contribution in [-0.2, 0) is 9.59 Å². The maximum absolute atomic E-state index is 16.2. The number of likely N-dealkylation sites (N-methyl/N-ethyl adjacent to an activating group) is 1. The van der Waals surface area contributed by atoms with E-state index >= 15 is 4.39 Å². The number of carbonyl (C=O) groups excluding carboxylic acids is 2. The van der Waals surface area contributed by atoms with Gasteiger partial charge in [-0.2, -0.15) is 0 Å². The normalized spacial score (nSPS) is 26.4. The minimum absolute atomic E-state index is 0.00214. The van der Waals surface area contributed by atoms with Crippen LogP contribution < -0.4 is 10.6 Å². The van der Waals surface area contributed by atoms with Gasteiger partial charge in [-0.25, -0.2) is 8.78 Å². The van der Waals surface area contributed by atoms with Gasteiger partial charge in [-0.1, -0.05) is 6.07 Å². The number of phenols is 1. The Morgan fingerprint density at radius 1 is 1.16 bits per heavy atom. The fraction of sp³-hybridized carbons (Fsp3) is 0.407. The maximum Gasteiger partial charge on any atom is 0.251 e. The van der Waals surface area contributed by atoms with Gasteiger partial charge in [-0.15, -0.1) is 0 Å². The van der Waals surface area contributed by atoms with E-state index in [4.69, 9.17) is 0 Å². The summed E-state index contributed by atoms with van der Waals surface area (Å²) in [5.74, 6) is -1.83. The Morgan fingerprint density at radius 2 is 1.89 bits per heavy atom. The van der Waals surface area contributed by atoms with Crippen molar-refractivity contribution >= 4 is 23.2 Å². The average molecular weight is 510 g/mol. The second kappa shape index (κ2) is 8.17. The molecule has 2 saturated heterocycles. The molecule has 2 aromatic rings. The monoisotopic (exact) mass is 509 g/mol. The summed E-state index contributed by atoms with van der Waals surface area (Å²) in [4.78, 5) is 31.8. The molecule has 0 aromatic heterocycles. The van der Waals surface area contributed by atoms with E-state index in [-0.39, 0.29) is 53.0 Å². The van der Waals surface area contributed by atoms with Crippen LogP contribution in [0.15, 0.2) is 30.0 Å². The number of carbonyl (C=O) groups is 2. The highest BCUT2D eigenvalue weighted by atomic mass is 19.1. The standard InChI is InChI=1S/C27H29F2N5O3/c1-12-8-15-23(22(29)20(12)21-16(28)6-5-7-19(21)35)31-14(3)24-25(15)34-10-13(2)33(26(36)17-9-30-17)11-18(34)27(37)32(24)4/h5-8,13-14,17-18,30-31,35H,9-11H2,1-4H3/t13-,14?,17+,18-/m1/s1. The highest BCUT2D eigenvalue weighted by Gasteiger charge is 2.49. The Hall–Kier alpha value is -3.66. The summed E-state index contributed by atoms with van der Waals surface area (Å²) in [5.41, 5.74) is 2.51. The molecule has 0 radical (unpaired) electrons. The third kappa shape index (κ3) is 3.42. The Labute approximate surface area is 213 Å². The zero-order valence-electron chi connectivity index (χ0n) is 21.1. The first-order valence-corrected chi connectivity index (χ1v) is 12.5. The molecule has 10 heteroatoms. The lowest BCUT2D eigenvalue weighted by molar-refractivity contribution is -0.143. The lowest BCUT2D eigenvalue weighted by Gasteiger charge is -2.53. The summed E-state index contributed by atoms with van der Waals surface area (Å²) in [6, 6.07) is 4.33. The molecule has 2 fully saturated rings. The van der Waals surface area contributed by atoms with Gasteiger partial charge in [0.1, 0.15) is 17.6 Å². The van der Waals surface area contributed by atoms with Crippen LogP contribution in [0.3, 0.4) is 0 Å². The van der Waals surface area contributed by atoms with E-state index in [0.29, 0.717) is 24.2 Å². The van der Waals surface area contributed by atoms with E-state index in [0.717, 1.165) is 11.4 Å². The highest BCUT2D eigenvalue weighted by Crippen LogP contribution is 2.47. The number of piperazine rings is 1. The first kappa shape index (κ1) is 23.7.